The fourth-order valence-electron chi connectivity index (χ4n) is 5.78. The highest BCUT2D eigenvalue weighted by molar-refractivity contribution is 6.21. The second-order valence-corrected chi connectivity index (χ2v) is 9.62. The lowest BCUT2D eigenvalue weighted by Crippen LogP contribution is -1.92. The lowest BCUT2D eigenvalue weighted by Gasteiger charge is -2.18. The van der Waals surface area contributed by atoms with Gasteiger partial charge in [0.05, 0.1) is 0 Å². The Hall–Kier alpha value is -4.42. The zero-order chi connectivity index (χ0) is 23.9. The number of allylic oxidation sites excluding steroid dienone is 4. The molecule has 0 saturated carbocycles. The second kappa shape index (κ2) is 8.66. The zero-order valence-corrected chi connectivity index (χ0v) is 20.1. The number of hydrogen-bond donors (Lipinski definition) is 0. The fourth-order valence-corrected chi connectivity index (χ4v) is 5.78. The first-order chi connectivity index (χ1) is 17.9. The van der Waals surface area contributed by atoms with Gasteiger partial charge in [0.25, 0.3) is 0 Å². The molecule has 0 bridgehead atoms. The molecule has 6 aromatic rings. The van der Waals surface area contributed by atoms with Crippen LogP contribution >= 0.6 is 0 Å². The van der Waals surface area contributed by atoms with Gasteiger partial charge in [-0.3, -0.25) is 0 Å². The predicted octanol–water partition coefficient (Wildman–Crippen LogP) is 10.2. The molecule has 0 heterocycles. The normalized spacial score (nSPS) is 13.4. The van der Waals surface area contributed by atoms with Crippen molar-refractivity contribution in [3.05, 3.63) is 139 Å². The van der Waals surface area contributed by atoms with E-state index in [-0.39, 0.29) is 0 Å². The van der Waals surface area contributed by atoms with Crippen molar-refractivity contribution in [1.82, 2.24) is 0 Å². The maximum atomic E-state index is 2.37. The molecule has 6 aromatic carbocycles. The molecular formula is C36H26. The Morgan fingerprint density at radius 3 is 1.64 bits per heavy atom. The summed E-state index contributed by atoms with van der Waals surface area (Å²) in [5.74, 6) is 0. The van der Waals surface area contributed by atoms with Crippen LogP contribution in [-0.4, -0.2) is 0 Å². The molecule has 0 heteroatoms. The summed E-state index contributed by atoms with van der Waals surface area (Å²) in [4.78, 5) is 0. The Kier molecular flexibility index (Phi) is 5.03. The van der Waals surface area contributed by atoms with Crippen molar-refractivity contribution >= 4 is 37.9 Å². The van der Waals surface area contributed by atoms with Gasteiger partial charge in [-0.25, -0.2) is 0 Å². The first kappa shape index (κ1) is 20.9. The van der Waals surface area contributed by atoms with Crippen LogP contribution in [0.3, 0.4) is 0 Å². The van der Waals surface area contributed by atoms with Crippen LogP contribution in [-0.2, 0) is 0 Å². The first-order valence-corrected chi connectivity index (χ1v) is 12.8. The van der Waals surface area contributed by atoms with E-state index in [9.17, 15) is 0 Å². The van der Waals surface area contributed by atoms with E-state index in [0.29, 0.717) is 0 Å². The highest BCUT2D eigenvalue weighted by atomic mass is 14.2. The van der Waals surface area contributed by atoms with Crippen LogP contribution in [0.1, 0.15) is 18.4 Å². The summed E-state index contributed by atoms with van der Waals surface area (Å²) in [5.41, 5.74) is 7.77. The van der Waals surface area contributed by atoms with Crippen LogP contribution in [0.25, 0.3) is 60.1 Å². The Morgan fingerprint density at radius 1 is 0.417 bits per heavy atom. The average molecular weight is 459 g/mol. The van der Waals surface area contributed by atoms with Crippen molar-refractivity contribution < 1.29 is 0 Å². The van der Waals surface area contributed by atoms with Gasteiger partial charge >= 0.3 is 0 Å². The first-order valence-electron chi connectivity index (χ1n) is 12.8. The summed E-state index contributed by atoms with van der Waals surface area (Å²) in [6.07, 6.45) is 9.15. The lowest BCUT2D eigenvalue weighted by molar-refractivity contribution is 1.04. The van der Waals surface area contributed by atoms with Gasteiger partial charge in [-0.05, 0) is 90.7 Å². The van der Waals surface area contributed by atoms with Crippen molar-refractivity contribution in [2.75, 3.05) is 0 Å². The summed E-state index contributed by atoms with van der Waals surface area (Å²) < 4.78 is 0. The molecule has 0 radical (unpaired) electrons. The topological polar surface area (TPSA) is 0 Å². The summed E-state index contributed by atoms with van der Waals surface area (Å²) in [6, 6.07) is 42.4. The molecule has 7 rings (SSSR count). The maximum Gasteiger partial charge on any atom is -0.00262 e. The molecule has 0 spiro atoms. The predicted molar refractivity (Wildman–Crippen MR) is 156 cm³/mol. The van der Waals surface area contributed by atoms with Gasteiger partial charge in [-0.1, -0.05) is 121 Å². The van der Waals surface area contributed by atoms with E-state index in [2.05, 4.69) is 133 Å². The van der Waals surface area contributed by atoms with E-state index in [1.54, 1.807) is 0 Å². The molecule has 0 unspecified atom stereocenters. The molecule has 0 atom stereocenters. The van der Waals surface area contributed by atoms with Crippen molar-refractivity contribution in [3.8, 4) is 22.3 Å². The van der Waals surface area contributed by atoms with E-state index < -0.39 is 0 Å². The molecule has 0 aromatic heterocycles. The van der Waals surface area contributed by atoms with Gasteiger partial charge in [0, 0.05) is 0 Å². The largest absolute Gasteiger partial charge is 0.0836 e. The van der Waals surface area contributed by atoms with Crippen LogP contribution in [0.15, 0.2) is 133 Å². The molecule has 0 N–H and O–H groups in total. The Balaban J connectivity index is 1.54. The monoisotopic (exact) mass is 458 g/mol. The lowest BCUT2D eigenvalue weighted by atomic mass is 9.85. The number of benzene rings is 6. The zero-order valence-electron chi connectivity index (χ0n) is 20.1. The maximum absolute atomic E-state index is 2.37. The Labute approximate surface area is 211 Å². The number of fused-ring (bicyclic) bond motifs is 3. The van der Waals surface area contributed by atoms with Crippen molar-refractivity contribution in [2.24, 2.45) is 0 Å². The standard InChI is InChI=1S/C36H26/c1-2-11-25(12-3-1)28-15-10-16-29(23-28)35-31-17-6-8-19-33(31)36(34-20-9-7-18-32(34)35)30-22-21-26-13-4-5-14-27(26)24-30/h2,4-24H,1,3H2. The minimum atomic E-state index is 1.11. The molecule has 0 nitrogen and oxygen atoms in total. The Bertz CT molecular complexity index is 1770. The molecule has 0 fully saturated rings. The summed E-state index contributed by atoms with van der Waals surface area (Å²) in [6.45, 7) is 0. The van der Waals surface area contributed by atoms with Gasteiger partial charge in [0.15, 0.2) is 0 Å². The van der Waals surface area contributed by atoms with Gasteiger partial charge in [-0.2, -0.15) is 0 Å². The number of hydrogen-bond acceptors (Lipinski definition) is 0. The third kappa shape index (κ3) is 3.46. The van der Waals surface area contributed by atoms with Crippen LogP contribution < -0.4 is 0 Å². The second-order valence-electron chi connectivity index (χ2n) is 9.62. The third-order valence-corrected chi connectivity index (χ3v) is 7.45. The van der Waals surface area contributed by atoms with Crippen LogP contribution in [0.4, 0.5) is 0 Å². The minimum Gasteiger partial charge on any atom is -0.0836 e. The van der Waals surface area contributed by atoms with E-state index in [1.165, 1.54) is 65.7 Å². The van der Waals surface area contributed by atoms with Gasteiger partial charge in [-0.15, -0.1) is 0 Å². The van der Waals surface area contributed by atoms with Gasteiger partial charge in [0.1, 0.15) is 0 Å². The van der Waals surface area contributed by atoms with Crippen molar-refractivity contribution in [2.45, 2.75) is 12.8 Å². The van der Waals surface area contributed by atoms with Crippen LogP contribution in [0.2, 0.25) is 0 Å². The molecule has 1 aliphatic carbocycles. The van der Waals surface area contributed by atoms with E-state index in [0.717, 1.165) is 12.8 Å². The van der Waals surface area contributed by atoms with Crippen LogP contribution in [0.5, 0.6) is 0 Å². The van der Waals surface area contributed by atoms with Crippen molar-refractivity contribution in [1.29, 1.82) is 0 Å². The van der Waals surface area contributed by atoms with E-state index in [4.69, 9.17) is 0 Å². The summed E-state index contributed by atoms with van der Waals surface area (Å²) in [5, 5.41) is 7.73. The molecule has 170 valence electrons. The van der Waals surface area contributed by atoms with Gasteiger partial charge < -0.3 is 0 Å². The molecule has 0 saturated heterocycles. The minimum absolute atomic E-state index is 1.11. The highest BCUT2D eigenvalue weighted by Gasteiger charge is 2.17. The summed E-state index contributed by atoms with van der Waals surface area (Å²) in [7, 11) is 0. The van der Waals surface area contributed by atoms with Crippen LogP contribution in [0, 0.1) is 0 Å². The van der Waals surface area contributed by atoms with Crippen molar-refractivity contribution in [3.63, 3.8) is 0 Å². The van der Waals surface area contributed by atoms with Gasteiger partial charge in [0.2, 0.25) is 0 Å². The summed E-state index contributed by atoms with van der Waals surface area (Å²) >= 11 is 0. The SMILES string of the molecule is C1=CC(c2cccc(-c3c4ccccc4c(-c4ccc5ccccc5c4)c4ccccc34)c2)=CCC1. The van der Waals surface area contributed by atoms with E-state index in [1.807, 2.05) is 0 Å². The molecule has 1 aliphatic rings. The molecule has 0 aliphatic heterocycles. The third-order valence-electron chi connectivity index (χ3n) is 7.45. The quantitative estimate of drug-likeness (QED) is 0.231. The highest BCUT2D eigenvalue weighted by Crippen LogP contribution is 2.44. The van der Waals surface area contributed by atoms with E-state index >= 15 is 0 Å². The fraction of sp³-hybridized carbons (Fsp3) is 0.0556. The number of rotatable bonds is 3. The average Bonchev–Trinajstić information content (AvgIpc) is 2.96. The Morgan fingerprint density at radius 2 is 1.00 bits per heavy atom. The molecule has 36 heavy (non-hydrogen) atoms. The smallest absolute Gasteiger partial charge is 0.00262 e. The molecular weight excluding hydrogens is 432 g/mol. The molecule has 0 amide bonds.